The van der Waals surface area contributed by atoms with E-state index < -0.39 is 11.6 Å². The van der Waals surface area contributed by atoms with Gasteiger partial charge in [-0.3, -0.25) is 0 Å². The number of halogens is 3. The van der Waals surface area contributed by atoms with E-state index in [1.54, 1.807) is 22.6 Å². The number of nitrogens with one attached hydrogen (secondary N) is 1. The van der Waals surface area contributed by atoms with Crippen molar-refractivity contribution < 1.29 is 8.78 Å². The maximum atomic E-state index is 13.8. The molecule has 122 valence electrons. The van der Waals surface area contributed by atoms with E-state index in [0.717, 1.165) is 16.7 Å². The van der Waals surface area contributed by atoms with E-state index in [0.29, 0.717) is 6.54 Å². The highest BCUT2D eigenvalue weighted by molar-refractivity contribution is 14.1. The summed E-state index contributed by atoms with van der Waals surface area (Å²) in [6, 6.07) is 19.3. The molecule has 0 aliphatic carbocycles. The first-order chi connectivity index (χ1) is 11.6. The first-order valence-corrected chi connectivity index (χ1v) is 8.45. The summed E-state index contributed by atoms with van der Waals surface area (Å²) in [4.78, 5) is 0. The van der Waals surface area contributed by atoms with Gasteiger partial charge in [-0.15, -0.1) is 0 Å². The van der Waals surface area contributed by atoms with E-state index in [4.69, 9.17) is 5.73 Å². The fraction of sp³-hybridized carbons (Fsp3) is 0.0526. The zero-order chi connectivity index (χ0) is 17.1. The lowest BCUT2D eigenvalue weighted by Gasteiger charge is -2.12. The summed E-state index contributed by atoms with van der Waals surface area (Å²) < 4.78 is 27.4. The average Bonchev–Trinajstić information content (AvgIpc) is 2.63. The second kappa shape index (κ2) is 7.17. The van der Waals surface area contributed by atoms with Crippen LogP contribution in [0.3, 0.4) is 0 Å². The molecule has 3 aromatic rings. The first kappa shape index (κ1) is 16.7. The Balaban J connectivity index is 1.74. The van der Waals surface area contributed by atoms with Crippen molar-refractivity contribution in [2.45, 2.75) is 6.54 Å². The average molecular weight is 436 g/mol. The van der Waals surface area contributed by atoms with Gasteiger partial charge in [-0.2, -0.15) is 0 Å². The number of rotatable bonds is 4. The van der Waals surface area contributed by atoms with Crippen LogP contribution in [0.25, 0.3) is 11.1 Å². The topological polar surface area (TPSA) is 38.0 Å². The lowest BCUT2D eigenvalue weighted by molar-refractivity contribution is 0.574. The van der Waals surface area contributed by atoms with Gasteiger partial charge < -0.3 is 11.1 Å². The maximum Gasteiger partial charge on any atom is 0.164 e. The Kier molecular flexibility index (Phi) is 4.99. The van der Waals surface area contributed by atoms with Crippen LogP contribution in [0.1, 0.15) is 5.56 Å². The SMILES string of the molecule is Nc1c(NCc2ccc(-c3ccccc3)cc2)cc(F)c(I)c1F. The summed E-state index contributed by atoms with van der Waals surface area (Å²) in [6.45, 7) is 0.429. The van der Waals surface area contributed by atoms with Crippen molar-refractivity contribution >= 4 is 34.0 Å². The molecule has 0 aliphatic rings. The second-order valence-corrected chi connectivity index (χ2v) is 6.44. The molecule has 0 unspecified atom stereocenters. The molecule has 0 atom stereocenters. The molecule has 0 saturated carbocycles. The zero-order valence-corrected chi connectivity index (χ0v) is 14.8. The highest BCUT2D eigenvalue weighted by Gasteiger charge is 2.14. The van der Waals surface area contributed by atoms with Gasteiger partial charge in [-0.05, 0) is 39.3 Å². The van der Waals surface area contributed by atoms with Gasteiger partial charge in [0.1, 0.15) is 5.82 Å². The van der Waals surface area contributed by atoms with Crippen LogP contribution in [0.4, 0.5) is 20.2 Å². The van der Waals surface area contributed by atoms with Gasteiger partial charge in [0.05, 0.1) is 14.9 Å². The molecule has 5 heteroatoms. The molecule has 0 radical (unpaired) electrons. The molecular formula is C19H15F2IN2. The van der Waals surface area contributed by atoms with Crippen molar-refractivity contribution in [3.05, 3.63) is 81.4 Å². The second-order valence-electron chi connectivity index (χ2n) is 5.36. The molecule has 0 aromatic heterocycles. The molecule has 3 rings (SSSR count). The predicted octanol–water partition coefficient (Wildman–Crippen LogP) is 5.43. The quantitative estimate of drug-likeness (QED) is 0.325. The Labute approximate surface area is 152 Å². The molecule has 0 spiro atoms. The number of hydrogen-bond acceptors (Lipinski definition) is 2. The Morgan fingerprint density at radius 1 is 0.917 bits per heavy atom. The minimum Gasteiger partial charge on any atom is -0.395 e. The molecule has 3 aromatic carbocycles. The van der Waals surface area contributed by atoms with Crippen LogP contribution in [0.2, 0.25) is 0 Å². The molecule has 0 aliphatic heterocycles. The summed E-state index contributed by atoms with van der Waals surface area (Å²) in [5.41, 5.74) is 9.15. The third kappa shape index (κ3) is 3.51. The van der Waals surface area contributed by atoms with Gasteiger partial charge in [0.15, 0.2) is 5.82 Å². The van der Waals surface area contributed by atoms with Crippen LogP contribution in [0.5, 0.6) is 0 Å². The van der Waals surface area contributed by atoms with E-state index in [1.807, 2.05) is 54.6 Å². The smallest absolute Gasteiger partial charge is 0.164 e. The van der Waals surface area contributed by atoms with Crippen LogP contribution in [-0.4, -0.2) is 0 Å². The van der Waals surface area contributed by atoms with Crippen molar-refractivity contribution in [3.8, 4) is 11.1 Å². The zero-order valence-electron chi connectivity index (χ0n) is 12.7. The third-order valence-electron chi connectivity index (χ3n) is 3.74. The number of hydrogen-bond donors (Lipinski definition) is 2. The van der Waals surface area contributed by atoms with Gasteiger partial charge in [0.25, 0.3) is 0 Å². The summed E-state index contributed by atoms with van der Waals surface area (Å²) in [5, 5.41) is 2.99. The summed E-state index contributed by atoms with van der Waals surface area (Å²) in [5.74, 6) is -1.35. The minimum absolute atomic E-state index is 0.0679. The van der Waals surface area contributed by atoms with Crippen LogP contribution in [-0.2, 0) is 6.54 Å². The van der Waals surface area contributed by atoms with E-state index in [-0.39, 0.29) is 14.9 Å². The Morgan fingerprint density at radius 3 is 2.21 bits per heavy atom. The molecule has 0 bridgehead atoms. The monoisotopic (exact) mass is 436 g/mol. The Morgan fingerprint density at radius 2 is 1.54 bits per heavy atom. The van der Waals surface area contributed by atoms with Gasteiger partial charge in [-0.1, -0.05) is 54.6 Å². The molecule has 24 heavy (non-hydrogen) atoms. The third-order valence-corrected chi connectivity index (χ3v) is 4.73. The van der Waals surface area contributed by atoms with Crippen molar-refractivity contribution in [3.63, 3.8) is 0 Å². The van der Waals surface area contributed by atoms with Crippen molar-refractivity contribution in [1.82, 2.24) is 0 Å². The molecule has 0 heterocycles. The fourth-order valence-electron chi connectivity index (χ4n) is 2.40. The highest BCUT2D eigenvalue weighted by atomic mass is 127. The lowest BCUT2D eigenvalue weighted by Crippen LogP contribution is -2.06. The number of benzene rings is 3. The minimum atomic E-state index is -0.725. The first-order valence-electron chi connectivity index (χ1n) is 7.37. The molecular weight excluding hydrogens is 421 g/mol. The Hall–Kier alpha value is -2.15. The van der Waals surface area contributed by atoms with Gasteiger partial charge in [0.2, 0.25) is 0 Å². The van der Waals surface area contributed by atoms with E-state index >= 15 is 0 Å². The molecule has 0 amide bonds. The van der Waals surface area contributed by atoms with Gasteiger partial charge >= 0.3 is 0 Å². The largest absolute Gasteiger partial charge is 0.395 e. The summed E-state index contributed by atoms with van der Waals surface area (Å²) >= 11 is 1.60. The normalized spacial score (nSPS) is 10.6. The maximum absolute atomic E-state index is 13.8. The van der Waals surface area contributed by atoms with Crippen LogP contribution in [0.15, 0.2) is 60.7 Å². The number of nitrogen functional groups attached to an aromatic ring is 1. The number of anilines is 2. The summed E-state index contributed by atoms with van der Waals surface area (Å²) in [6.07, 6.45) is 0. The molecule has 3 N–H and O–H groups in total. The highest BCUT2D eigenvalue weighted by Crippen LogP contribution is 2.29. The van der Waals surface area contributed by atoms with Crippen LogP contribution < -0.4 is 11.1 Å². The lowest BCUT2D eigenvalue weighted by atomic mass is 10.0. The van der Waals surface area contributed by atoms with Crippen LogP contribution in [0, 0.1) is 15.2 Å². The van der Waals surface area contributed by atoms with Gasteiger partial charge in [0, 0.05) is 12.6 Å². The predicted molar refractivity (Wildman–Crippen MR) is 103 cm³/mol. The number of nitrogens with two attached hydrogens (primary N) is 1. The van der Waals surface area contributed by atoms with Crippen molar-refractivity contribution in [2.24, 2.45) is 0 Å². The van der Waals surface area contributed by atoms with E-state index in [9.17, 15) is 8.78 Å². The summed E-state index contributed by atoms with van der Waals surface area (Å²) in [7, 11) is 0. The molecule has 0 fully saturated rings. The van der Waals surface area contributed by atoms with Gasteiger partial charge in [-0.25, -0.2) is 8.78 Å². The van der Waals surface area contributed by atoms with E-state index in [2.05, 4.69) is 5.32 Å². The van der Waals surface area contributed by atoms with Crippen molar-refractivity contribution in [2.75, 3.05) is 11.1 Å². The standard InChI is InChI=1S/C19H15F2IN2/c20-15-10-16(19(23)17(21)18(15)22)24-11-12-6-8-14(9-7-12)13-4-2-1-3-5-13/h1-10,24H,11,23H2. The fourth-order valence-corrected chi connectivity index (χ4v) is 2.84. The van der Waals surface area contributed by atoms with Crippen molar-refractivity contribution in [1.29, 1.82) is 0 Å². The van der Waals surface area contributed by atoms with E-state index in [1.165, 1.54) is 6.07 Å². The van der Waals surface area contributed by atoms with Crippen LogP contribution >= 0.6 is 22.6 Å². The molecule has 0 saturated heterocycles. The Bertz CT molecular complexity index is 849. The molecule has 2 nitrogen and oxygen atoms in total.